The summed E-state index contributed by atoms with van der Waals surface area (Å²) >= 11 is 5.25. The number of carbonyl (C=O) groups is 1. The molecule has 0 aromatic heterocycles. The fourth-order valence-corrected chi connectivity index (χ4v) is 2.89. The molecule has 2 rings (SSSR count). The van der Waals surface area contributed by atoms with Gasteiger partial charge in [-0.1, -0.05) is 39.2 Å². The molecule has 0 unspecified atom stereocenters. The lowest BCUT2D eigenvalue weighted by Crippen LogP contribution is -2.38. The molecule has 1 aromatic carbocycles. The van der Waals surface area contributed by atoms with Gasteiger partial charge in [-0.15, -0.1) is 0 Å². The molecule has 4 nitrogen and oxygen atoms in total. The van der Waals surface area contributed by atoms with Gasteiger partial charge in [-0.25, -0.2) is 0 Å². The van der Waals surface area contributed by atoms with Crippen molar-refractivity contribution < 1.29 is 9.53 Å². The van der Waals surface area contributed by atoms with Gasteiger partial charge in [-0.3, -0.25) is 4.79 Å². The van der Waals surface area contributed by atoms with Crippen LogP contribution in [0.2, 0.25) is 0 Å². The molecule has 0 radical (unpaired) electrons. The number of rotatable bonds is 5. The van der Waals surface area contributed by atoms with E-state index in [1.807, 2.05) is 24.3 Å². The van der Waals surface area contributed by atoms with Gasteiger partial charge in [0.05, 0.1) is 6.61 Å². The number of nitrogens with one attached hydrogen (secondary N) is 2. The van der Waals surface area contributed by atoms with E-state index >= 15 is 0 Å². The zero-order chi connectivity index (χ0) is 16.7. The summed E-state index contributed by atoms with van der Waals surface area (Å²) < 4.78 is 5.70. The summed E-state index contributed by atoms with van der Waals surface area (Å²) in [6.45, 7) is 4.89. The van der Waals surface area contributed by atoms with Gasteiger partial charge in [0.15, 0.2) is 5.11 Å². The van der Waals surface area contributed by atoms with Crippen LogP contribution in [0.3, 0.4) is 0 Å². The van der Waals surface area contributed by atoms with E-state index in [0.29, 0.717) is 17.6 Å². The van der Waals surface area contributed by atoms with Crippen LogP contribution in [0.15, 0.2) is 24.3 Å². The third-order valence-electron chi connectivity index (χ3n) is 3.89. The molecule has 0 saturated heterocycles. The minimum atomic E-state index is 0.0365. The normalized spacial score (nSPS) is 15.3. The molecule has 0 spiro atoms. The van der Waals surface area contributed by atoms with Crippen LogP contribution < -0.4 is 15.4 Å². The van der Waals surface area contributed by atoms with Gasteiger partial charge < -0.3 is 15.4 Å². The molecular weight excluding hydrogens is 308 g/mol. The molecule has 0 aliphatic heterocycles. The van der Waals surface area contributed by atoms with Crippen molar-refractivity contribution in [3.63, 3.8) is 0 Å². The summed E-state index contributed by atoms with van der Waals surface area (Å²) in [5.74, 6) is 1.41. The highest BCUT2D eigenvalue weighted by atomic mass is 32.1. The Balaban J connectivity index is 1.84. The predicted octanol–water partition coefficient (Wildman–Crippen LogP) is 4.11. The van der Waals surface area contributed by atoms with Gasteiger partial charge >= 0.3 is 0 Å². The predicted molar refractivity (Wildman–Crippen MR) is 97.7 cm³/mol. The Kier molecular flexibility index (Phi) is 6.84. The quantitative estimate of drug-likeness (QED) is 0.796. The zero-order valence-electron chi connectivity index (χ0n) is 13.9. The summed E-state index contributed by atoms with van der Waals surface area (Å²) in [4.78, 5) is 12.2. The first kappa shape index (κ1) is 17.7. The van der Waals surface area contributed by atoms with Crippen LogP contribution in [-0.4, -0.2) is 17.6 Å². The molecule has 5 heteroatoms. The molecule has 2 N–H and O–H groups in total. The lowest BCUT2D eigenvalue weighted by atomic mass is 9.89. The Bertz CT molecular complexity index is 540. The highest BCUT2D eigenvalue weighted by Crippen LogP contribution is 2.23. The van der Waals surface area contributed by atoms with Gasteiger partial charge in [0.2, 0.25) is 5.91 Å². The van der Waals surface area contributed by atoms with Gasteiger partial charge in [0.1, 0.15) is 5.75 Å². The number of benzene rings is 1. The van der Waals surface area contributed by atoms with Crippen LogP contribution in [0.5, 0.6) is 5.75 Å². The van der Waals surface area contributed by atoms with Crippen LogP contribution in [0.4, 0.5) is 5.69 Å². The number of thiocarbonyl (C=S) groups is 1. The Labute approximate surface area is 144 Å². The van der Waals surface area contributed by atoms with Crippen LogP contribution in [0.25, 0.3) is 0 Å². The number of ether oxygens (including phenoxy) is 1. The molecule has 1 fully saturated rings. The van der Waals surface area contributed by atoms with Crippen molar-refractivity contribution in [3.05, 3.63) is 24.3 Å². The number of anilines is 1. The third-order valence-corrected chi connectivity index (χ3v) is 4.09. The standard InChI is InChI=1S/C18H26N2O2S/c1-13(2)12-22-16-10-6-9-15(11-16)19-18(23)20-17(21)14-7-4-3-5-8-14/h6,9-11,13-14H,3-5,7-8,12H2,1-2H3,(H2,19,20,21,23). The highest BCUT2D eigenvalue weighted by molar-refractivity contribution is 7.80. The Morgan fingerprint density at radius 3 is 2.74 bits per heavy atom. The van der Waals surface area contributed by atoms with Gasteiger partial charge in [0, 0.05) is 17.7 Å². The second kappa shape index (κ2) is 8.87. The third kappa shape index (κ3) is 6.18. The average molecular weight is 334 g/mol. The van der Waals surface area contributed by atoms with Crippen molar-refractivity contribution in [3.8, 4) is 5.75 Å². The molecule has 0 heterocycles. The van der Waals surface area contributed by atoms with Crippen LogP contribution in [0, 0.1) is 11.8 Å². The molecule has 126 valence electrons. The lowest BCUT2D eigenvalue weighted by molar-refractivity contribution is -0.124. The maximum Gasteiger partial charge on any atom is 0.229 e. The maximum atomic E-state index is 12.2. The topological polar surface area (TPSA) is 50.4 Å². The van der Waals surface area contributed by atoms with E-state index < -0.39 is 0 Å². The summed E-state index contributed by atoms with van der Waals surface area (Å²) in [5, 5.41) is 6.22. The number of hydrogen-bond acceptors (Lipinski definition) is 3. The highest BCUT2D eigenvalue weighted by Gasteiger charge is 2.21. The maximum absolute atomic E-state index is 12.2. The summed E-state index contributed by atoms with van der Waals surface area (Å²) in [6, 6.07) is 7.61. The first-order chi connectivity index (χ1) is 11.0. The second-order valence-corrected chi connectivity index (χ2v) is 6.92. The smallest absolute Gasteiger partial charge is 0.229 e. The molecule has 1 saturated carbocycles. The molecular formula is C18H26N2O2S. The Morgan fingerprint density at radius 1 is 1.30 bits per heavy atom. The minimum absolute atomic E-state index is 0.0365. The van der Waals surface area contributed by atoms with Gasteiger partial charge in [-0.2, -0.15) is 0 Å². The van der Waals surface area contributed by atoms with Crippen molar-refractivity contribution in [1.29, 1.82) is 0 Å². The second-order valence-electron chi connectivity index (χ2n) is 6.51. The molecule has 23 heavy (non-hydrogen) atoms. The van der Waals surface area contributed by atoms with E-state index in [1.165, 1.54) is 6.42 Å². The lowest BCUT2D eigenvalue weighted by Gasteiger charge is -2.21. The Hall–Kier alpha value is -1.62. The number of hydrogen-bond donors (Lipinski definition) is 2. The molecule has 1 aliphatic rings. The monoisotopic (exact) mass is 334 g/mol. The van der Waals surface area contributed by atoms with Gasteiger partial charge in [0.25, 0.3) is 0 Å². The van der Waals surface area contributed by atoms with E-state index in [-0.39, 0.29) is 11.8 Å². The van der Waals surface area contributed by atoms with Crippen LogP contribution in [-0.2, 0) is 4.79 Å². The van der Waals surface area contributed by atoms with E-state index in [1.54, 1.807) is 0 Å². The zero-order valence-corrected chi connectivity index (χ0v) is 14.7. The first-order valence-corrected chi connectivity index (χ1v) is 8.80. The van der Waals surface area contributed by atoms with E-state index in [0.717, 1.165) is 37.1 Å². The minimum Gasteiger partial charge on any atom is -0.493 e. The van der Waals surface area contributed by atoms with Crippen LogP contribution >= 0.6 is 12.2 Å². The van der Waals surface area contributed by atoms with Crippen molar-refractivity contribution in [2.75, 3.05) is 11.9 Å². The fourth-order valence-electron chi connectivity index (χ4n) is 2.67. The molecule has 0 atom stereocenters. The van der Waals surface area contributed by atoms with Crippen LogP contribution in [0.1, 0.15) is 46.0 Å². The summed E-state index contributed by atoms with van der Waals surface area (Å²) in [6.07, 6.45) is 5.43. The number of amides is 1. The van der Waals surface area contributed by atoms with Crippen molar-refractivity contribution in [2.45, 2.75) is 46.0 Å². The summed E-state index contributed by atoms with van der Waals surface area (Å²) in [7, 11) is 0. The van der Waals surface area contributed by atoms with Gasteiger partial charge in [-0.05, 0) is 43.1 Å². The summed E-state index contributed by atoms with van der Waals surface area (Å²) in [5.41, 5.74) is 0.820. The first-order valence-electron chi connectivity index (χ1n) is 8.39. The largest absolute Gasteiger partial charge is 0.493 e. The Morgan fingerprint density at radius 2 is 2.04 bits per heavy atom. The van der Waals surface area contributed by atoms with E-state index in [2.05, 4.69) is 24.5 Å². The molecule has 0 bridgehead atoms. The SMILES string of the molecule is CC(C)COc1cccc(NC(=S)NC(=O)C2CCCCC2)c1. The molecule has 1 aromatic rings. The fraction of sp³-hybridized carbons (Fsp3) is 0.556. The van der Waals surface area contributed by atoms with Crippen molar-refractivity contribution in [1.82, 2.24) is 5.32 Å². The van der Waals surface area contributed by atoms with E-state index in [9.17, 15) is 4.79 Å². The van der Waals surface area contributed by atoms with Crippen molar-refractivity contribution in [2.24, 2.45) is 11.8 Å². The van der Waals surface area contributed by atoms with Crippen molar-refractivity contribution >= 4 is 28.9 Å². The average Bonchev–Trinajstić information content (AvgIpc) is 2.54. The number of carbonyl (C=O) groups excluding carboxylic acids is 1. The molecule has 1 amide bonds. The molecule has 1 aliphatic carbocycles. The van der Waals surface area contributed by atoms with E-state index in [4.69, 9.17) is 17.0 Å².